The molecule has 1 rings (SSSR count). The van der Waals surface area contributed by atoms with Crippen molar-refractivity contribution in [3.05, 3.63) is 30.3 Å². The molecule has 0 aliphatic carbocycles. The van der Waals surface area contributed by atoms with Gasteiger partial charge in [0.1, 0.15) is 5.75 Å². The van der Waals surface area contributed by atoms with Gasteiger partial charge in [-0.2, -0.15) is 0 Å². The van der Waals surface area contributed by atoms with Crippen LogP contribution in [-0.2, 0) is 4.57 Å². The fourth-order valence-electron chi connectivity index (χ4n) is 0.428. The van der Waals surface area contributed by atoms with Crippen molar-refractivity contribution in [3.8, 4) is 5.75 Å². The van der Waals surface area contributed by atoms with Gasteiger partial charge in [-0.3, -0.25) is 0 Å². The van der Waals surface area contributed by atoms with E-state index in [-0.39, 0.29) is 31.0 Å². The van der Waals surface area contributed by atoms with E-state index in [1.165, 1.54) is 0 Å². The Labute approximate surface area is 99.1 Å². The van der Waals surface area contributed by atoms with E-state index in [2.05, 4.69) is 0 Å². The van der Waals surface area contributed by atoms with E-state index in [1.54, 1.807) is 24.3 Å². The first-order chi connectivity index (χ1) is 5.39. The predicted octanol–water partition coefficient (Wildman–Crippen LogP) is -2.42. The van der Waals surface area contributed by atoms with Crippen LogP contribution in [0.15, 0.2) is 30.3 Å². The second-order valence-corrected chi connectivity index (χ2v) is 2.88. The summed E-state index contributed by atoms with van der Waals surface area (Å²) in [5, 5.41) is 8.63. The fourth-order valence-corrected chi connectivity index (χ4v) is 0.428. The van der Waals surface area contributed by atoms with Crippen LogP contribution in [0.25, 0.3) is 0 Å². The molecule has 4 N–H and O–H groups in total. The molecule has 7 heteroatoms. The zero-order valence-electron chi connectivity index (χ0n) is 8.03. The average Bonchev–Trinajstić information content (AvgIpc) is 1.85. The summed E-state index contributed by atoms with van der Waals surface area (Å²) in [6.07, 6.45) is 0. The zero-order valence-corrected chi connectivity index (χ0v) is 9.93. The Kier molecular flexibility index (Phi) is 9.03. The van der Waals surface area contributed by atoms with E-state index in [9.17, 15) is 0 Å². The van der Waals surface area contributed by atoms with Crippen LogP contribution >= 0.6 is 7.82 Å². The second kappa shape index (κ2) is 7.53. The number of aromatic hydroxyl groups is 1. The third-order valence-electron chi connectivity index (χ3n) is 0.756. The summed E-state index contributed by atoms with van der Waals surface area (Å²) in [5.74, 6) is 0.322. The molecule has 13 heavy (non-hydrogen) atoms. The number of benzene rings is 1. The number of phenols is 1. The van der Waals surface area contributed by atoms with Crippen molar-refractivity contribution < 1.29 is 55.3 Å². The number of rotatable bonds is 0. The zero-order chi connectivity index (χ0) is 9.61. The molecule has 0 aromatic heterocycles. The van der Waals surface area contributed by atoms with Crippen molar-refractivity contribution >= 4 is 7.82 Å². The molecule has 0 saturated heterocycles. The third-order valence-corrected chi connectivity index (χ3v) is 0.756. The summed E-state index contributed by atoms with van der Waals surface area (Å²) < 4.78 is 8.88. The van der Waals surface area contributed by atoms with E-state index in [0.29, 0.717) is 5.75 Å². The van der Waals surface area contributed by atoms with Gasteiger partial charge in [0.15, 0.2) is 0 Å². The van der Waals surface area contributed by atoms with Crippen LogP contribution in [0, 0.1) is 0 Å². The molecule has 5 nitrogen and oxygen atoms in total. The maximum absolute atomic E-state index is 8.88. The molecule has 0 atom stereocenters. The summed E-state index contributed by atoms with van der Waals surface area (Å²) in [6.45, 7) is 0. The van der Waals surface area contributed by atoms with E-state index >= 15 is 0 Å². The summed E-state index contributed by atoms with van der Waals surface area (Å²) in [4.78, 5) is 21.6. The topological polar surface area (TPSA) is 98.0 Å². The Hall–Kier alpha value is 0.130. The van der Waals surface area contributed by atoms with Crippen molar-refractivity contribution in [1.29, 1.82) is 0 Å². The molecule has 0 amide bonds. The first-order valence-electron chi connectivity index (χ1n) is 2.92. The molecule has 0 aliphatic rings. The van der Waals surface area contributed by atoms with Crippen LogP contribution in [0.3, 0.4) is 0 Å². The van der Waals surface area contributed by atoms with Crippen molar-refractivity contribution in [2.75, 3.05) is 0 Å². The molecule has 0 radical (unpaired) electrons. The molecule has 70 valence electrons. The van der Waals surface area contributed by atoms with Gasteiger partial charge in [0, 0.05) is 0 Å². The van der Waals surface area contributed by atoms with Crippen LogP contribution in [0.1, 0.15) is 1.43 Å². The van der Waals surface area contributed by atoms with Gasteiger partial charge in [-0.05, 0) is 12.1 Å². The molecular formula is C6H10NaO5P. The monoisotopic (exact) mass is 216 g/mol. The van der Waals surface area contributed by atoms with Crippen LogP contribution in [0.2, 0.25) is 0 Å². The Morgan fingerprint density at radius 1 is 1.08 bits per heavy atom. The quantitative estimate of drug-likeness (QED) is 0.286. The van der Waals surface area contributed by atoms with Crippen LogP contribution < -0.4 is 29.6 Å². The van der Waals surface area contributed by atoms with Gasteiger partial charge in [-0.25, -0.2) is 4.57 Å². The first kappa shape index (κ1) is 15.6. The largest absolute Gasteiger partial charge is 1.00 e. The smallest absolute Gasteiger partial charge is 1.00 e. The van der Waals surface area contributed by atoms with Crippen molar-refractivity contribution in [3.63, 3.8) is 0 Å². The molecule has 1 aromatic rings. The third kappa shape index (κ3) is 18.8. The molecular weight excluding hydrogens is 206 g/mol. The molecule has 0 unspecified atom stereocenters. The summed E-state index contributed by atoms with van der Waals surface area (Å²) in [7, 11) is -4.64. The molecule has 0 bridgehead atoms. The molecule has 0 spiro atoms. The number of hydrogen-bond acceptors (Lipinski definition) is 2. The maximum atomic E-state index is 8.88. The van der Waals surface area contributed by atoms with Gasteiger partial charge in [0.05, 0.1) is 0 Å². The molecule has 0 heterocycles. The van der Waals surface area contributed by atoms with Gasteiger partial charge in [0.2, 0.25) is 0 Å². The van der Waals surface area contributed by atoms with E-state index in [4.69, 9.17) is 24.4 Å². The molecule has 0 saturated carbocycles. The van der Waals surface area contributed by atoms with Crippen LogP contribution in [0.5, 0.6) is 5.75 Å². The standard InChI is InChI=1S/C6H6O.Na.H3O4P.H/c7-6-4-2-1-3-5-6;;1-5(2,3)4;/h1-5,7H;;(H3,1,2,3,4);/q;+1;;-1. The van der Waals surface area contributed by atoms with E-state index in [1.807, 2.05) is 6.07 Å². The minimum absolute atomic E-state index is 0. The minimum Gasteiger partial charge on any atom is -1.00 e. The Morgan fingerprint density at radius 2 is 1.38 bits per heavy atom. The predicted molar refractivity (Wildman–Crippen MR) is 43.5 cm³/mol. The van der Waals surface area contributed by atoms with Crippen molar-refractivity contribution in [2.24, 2.45) is 0 Å². The minimum atomic E-state index is -4.64. The fraction of sp³-hybridized carbons (Fsp3) is 0. The maximum Gasteiger partial charge on any atom is 1.00 e. The molecule has 1 aromatic carbocycles. The number of para-hydroxylation sites is 1. The van der Waals surface area contributed by atoms with Crippen LogP contribution in [-0.4, -0.2) is 19.8 Å². The Balaban J connectivity index is -0.000000159. The van der Waals surface area contributed by atoms with Gasteiger partial charge in [0.25, 0.3) is 0 Å². The van der Waals surface area contributed by atoms with Gasteiger partial charge < -0.3 is 21.2 Å². The SMILES string of the molecule is O=P(O)(O)O.Oc1ccccc1.[H-].[Na+]. The normalized spacial score (nSPS) is 9.15. The summed E-state index contributed by atoms with van der Waals surface area (Å²) in [5.41, 5.74) is 0. The molecule has 0 fully saturated rings. The average molecular weight is 216 g/mol. The number of hydrogen-bond donors (Lipinski definition) is 4. The van der Waals surface area contributed by atoms with Crippen LogP contribution in [0.4, 0.5) is 0 Å². The number of phosphoric acid groups is 1. The van der Waals surface area contributed by atoms with Gasteiger partial charge in [-0.15, -0.1) is 0 Å². The van der Waals surface area contributed by atoms with E-state index in [0.717, 1.165) is 0 Å². The molecule has 0 aliphatic heterocycles. The summed E-state index contributed by atoms with van der Waals surface area (Å²) >= 11 is 0. The van der Waals surface area contributed by atoms with Crippen molar-refractivity contribution in [2.45, 2.75) is 0 Å². The van der Waals surface area contributed by atoms with E-state index < -0.39 is 7.82 Å². The Bertz CT molecular complexity index is 256. The number of phenolic OH excluding ortho intramolecular Hbond substituents is 1. The first-order valence-corrected chi connectivity index (χ1v) is 4.48. The Morgan fingerprint density at radius 3 is 1.54 bits per heavy atom. The van der Waals surface area contributed by atoms with Gasteiger partial charge in [-0.1, -0.05) is 18.2 Å². The van der Waals surface area contributed by atoms with Crippen molar-refractivity contribution in [1.82, 2.24) is 0 Å². The summed E-state index contributed by atoms with van der Waals surface area (Å²) in [6, 6.07) is 8.71. The van der Waals surface area contributed by atoms with Gasteiger partial charge >= 0.3 is 37.4 Å². The second-order valence-electron chi connectivity index (χ2n) is 1.85.